The molecule has 1 fully saturated rings. The minimum atomic E-state index is -0.767. The molecule has 0 aromatic carbocycles. The van der Waals surface area contributed by atoms with Crippen LogP contribution >= 0.6 is 0 Å². The van der Waals surface area contributed by atoms with Crippen LogP contribution in [0, 0.1) is 5.92 Å². The van der Waals surface area contributed by atoms with Crippen molar-refractivity contribution >= 4 is 17.8 Å². The summed E-state index contributed by atoms with van der Waals surface area (Å²) in [6.07, 6.45) is 3.42. The highest BCUT2D eigenvalue weighted by Gasteiger charge is 2.24. The summed E-state index contributed by atoms with van der Waals surface area (Å²) in [7, 11) is 1.78. The van der Waals surface area contributed by atoms with Crippen molar-refractivity contribution in [3.05, 3.63) is 12.3 Å². The first kappa shape index (κ1) is 13.4. The Balaban J connectivity index is 1.80. The minimum Gasteiger partial charge on any atom is -0.481 e. The third-order valence-corrected chi connectivity index (χ3v) is 3.31. The molecular formula is C12H18N4O3. The SMILES string of the molecule is Cn1ccc(NC(=O)N2CCC(CC(=O)O)CC2)n1. The molecule has 0 atom stereocenters. The van der Waals surface area contributed by atoms with E-state index in [-0.39, 0.29) is 18.4 Å². The standard InChI is InChI=1S/C12H18N4O3/c1-15-5-4-10(14-15)13-12(19)16-6-2-9(3-7-16)8-11(17)18/h4-5,9H,2-3,6-8H2,1H3,(H,17,18)(H,13,14,19). The summed E-state index contributed by atoms with van der Waals surface area (Å²) in [4.78, 5) is 24.3. The van der Waals surface area contributed by atoms with E-state index in [1.54, 1.807) is 28.9 Å². The second kappa shape index (κ2) is 5.73. The fourth-order valence-corrected chi connectivity index (χ4v) is 2.26. The van der Waals surface area contributed by atoms with Crippen molar-refractivity contribution in [3.63, 3.8) is 0 Å². The number of urea groups is 1. The average molecular weight is 266 g/mol. The van der Waals surface area contributed by atoms with Gasteiger partial charge in [0.25, 0.3) is 0 Å². The number of hydrogen-bond acceptors (Lipinski definition) is 3. The number of amides is 2. The summed E-state index contributed by atoms with van der Waals surface area (Å²) in [6.45, 7) is 1.19. The molecule has 1 saturated heterocycles. The van der Waals surface area contributed by atoms with Crippen molar-refractivity contribution in [1.29, 1.82) is 0 Å². The molecule has 2 rings (SSSR count). The van der Waals surface area contributed by atoms with E-state index in [2.05, 4.69) is 10.4 Å². The van der Waals surface area contributed by atoms with Crippen molar-refractivity contribution < 1.29 is 14.7 Å². The molecule has 1 aliphatic rings. The van der Waals surface area contributed by atoms with Crippen LogP contribution < -0.4 is 5.32 Å². The number of aromatic nitrogens is 2. The number of anilines is 1. The Morgan fingerprint density at radius 3 is 2.68 bits per heavy atom. The van der Waals surface area contributed by atoms with Crippen LogP contribution in [0.3, 0.4) is 0 Å². The van der Waals surface area contributed by atoms with Gasteiger partial charge in [-0.1, -0.05) is 0 Å². The summed E-state index contributed by atoms with van der Waals surface area (Å²) in [5.41, 5.74) is 0. The third kappa shape index (κ3) is 3.70. The molecule has 0 spiro atoms. The molecule has 1 aromatic rings. The van der Waals surface area contributed by atoms with E-state index < -0.39 is 5.97 Å². The van der Waals surface area contributed by atoms with Crippen LogP contribution in [-0.4, -0.2) is 44.9 Å². The van der Waals surface area contributed by atoms with E-state index in [9.17, 15) is 9.59 Å². The van der Waals surface area contributed by atoms with Crippen molar-refractivity contribution in [1.82, 2.24) is 14.7 Å². The van der Waals surface area contributed by atoms with Crippen LogP contribution in [0.1, 0.15) is 19.3 Å². The van der Waals surface area contributed by atoms with Crippen molar-refractivity contribution in [3.8, 4) is 0 Å². The van der Waals surface area contributed by atoms with Gasteiger partial charge in [0.2, 0.25) is 0 Å². The summed E-state index contributed by atoms with van der Waals surface area (Å²) in [5, 5.41) is 15.5. The van der Waals surface area contributed by atoms with E-state index in [1.807, 2.05) is 0 Å². The predicted molar refractivity (Wildman–Crippen MR) is 68.8 cm³/mol. The number of carbonyl (C=O) groups is 2. The van der Waals surface area contributed by atoms with E-state index in [4.69, 9.17) is 5.11 Å². The van der Waals surface area contributed by atoms with E-state index >= 15 is 0 Å². The zero-order valence-corrected chi connectivity index (χ0v) is 10.9. The summed E-state index contributed by atoms with van der Waals surface area (Å²) in [5.74, 6) is -0.0621. The number of carboxylic acid groups (broad SMARTS) is 1. The van der Waals surface area contributed by atoms with Crippen LogP contribution in [-0.2, 0) is 11.8 Å². The highest BCUT2D eigenvalue weighted by atomic mass is 16.4. The zero-order chi connectivity index (χ0) is 13.8. The molecule has 0 unspecified atom stereocenters. The molecule has 7 heteroatoms. The molecule has 0 radical (unpaired) electrons. The molecule has 104 valence electrons. The van der Waals surface area contributed by atoms with Gasteiger partial charge in [0.05, 0.1) is 0 Å². The van der Waals surface area contributed by atoms with Gasteiger partial charge in [-0.25, -0.2) is 4.79 Å². The maximum absolute atomic E-state index is 12.0. The van der Waals surface area contributed by atoms with E-state index in [1.165, 1.54) is 0 Å². The number of rotatable bonds is 3. The number of aliphatic carboxylic acids is 1. The monoisotopic (exact) mass is 266 g/mol. The highest BCUT2D eigenvalue weighted by molar-refractivity contribution is 5.88. The molecule has 19 heavy (non-hydrogen) atoms. The molecule has 7 nitrogen and oxygen atoms in total. The number of carboxylic acids is 1. The number of hydrogen-bond donors (Lipinski definition) is 2. The lowest BCUT2D eigenvalue weighted by Gasteiger charge is -2.31. The van der Waals surface area contributed by atoms with Gasteiger partial charge in [-0.05, 0) is 18.8 Å². The topological polar surface area (TPSA) is 87.5 Å². The minimum absolute atomic E-state index is 0.174. The molecule has 0 saturated carbocycles. The quantitative estimate of drug-likeness (QED) is 0.858. The van der Waals surface area contributed by atoms with Crippen molar-refractivity contribution in [2.24, 2.45) is 13.0 Å². The van der Waals surface area contributed by atoms with E-state index in [0.717, 1.165) is 12.8 Å². The van der Waals surface area contributed by atoms with Crippen molar-refractivity contribution in [2.45, 2.75) is 19.3 Å². The lowest BCUT2D eigenvalue weighted by molar-refractivity contribution is -0.138. The maximum Gasteiger partial charge on any atom is 0.323 e. The predicted octanol–water partition coefficient (Wildman–Crippen LogP) is 1.14. The van der Waals surface area contributed by atoms with Crippen LogP contribution in [0.25, 0.3) is 0 Å². The Morgan fingerprint density at radius 1 is 1.47 bits per heavy atom. The number of likely N-dealkylation sites (tertiary alicyclic amines) is 1. The molecule has 0 bridgehead atoms. The summed E-state index contributed by atoms with van der Waals surface area (Å²) >= 11 is 0. The normalized spacial score (nSPS) is 16.4. The molecule has 0 aliphatic carbocycles. The molecule has 2 amide bonds. The largest absolute Gasteiger partial charge is 0.481 e. The first-order valence-electron chi connectivity index (χ1n) is 6.32. The van der Waals surface area contributed by atoms with Crippen LogP contribution in [0.4, 0.5) is 10.6 Å². The molecule has 1 aliphatic heterocycles. The van der Waals surface area contributed by atoms with Crippen LogP contribution in [0.15, 0.2) is 12.3 Å². The number of carbonyl (C=O) groups excluding carboxylic acids is 1. The summed E-state index contributed by atoms with van der Waals surface area (Å²) in [6, 6.07) is 1.56. The Morgan fingerprint density at radius 2 is 2.16 bits per heavy atom. The first-order chi connectivity index (χ1) is 9.04. The Hall–Kier alpha value is -2.05. The molecular weight excluding hydrogens is 248 g/mol. The number of nitrogens with one attached hydrogen (secondary N) is 1. The van der Waals surface area contributed by atoms with Crippen molar-refractivity contribution in [2.75, 3.05) is 18.4 Å². The Labute approximate surface area is 111 Å². The van der Waals surface area contributed by atoms with Gasteiger partial charge in [-0.15, -0.1) is 0 Å². The fraction of sp³-hybridized carbons (Fsp3) is 0.583. The maximum atomic E-state index is 12.0. The average Bonchev–Trinajstić information content (AvgIpc) is 2.75. The lowest BCUT2D eigenvalue weighted by atomic mass is 9.94. The highest BCUT2D eigenvalue weighted by Crippen LogP contribution is 2.20. The first-order valence-corrected chi connectivity index (χ1v) is 6.32. The number of nitrogens with zero attached hydrogens (tertiary/aromatic N) is 3. The van der Waals surface area contributed by atoms with Gasteiger partial charge in [0.1, 0.15) is 0 Å². The zero-order valence-electron chi connectivity index (χ0n) is 10.9. The van der Waals surface area contributed by atoms with Gasteiger partial charge in [0, 0.05) is 38.8 Å². The molecule has 2 heterocycles. The Bertz CT molecular complexity index is 463. The third-order valence-electron chi connectivity index (χ3n) is 3.31. The summed E-state index contributed by atoms with van der Waals surface area (Å²) < 4.78 is 1.62. The van der Waals surface area contributed by atoms with Gasteiger partial charge in [-0.2, -0.15) is 5.10 Å². The van der Waals surface area contributed by atoms with E-state index in [0.29, 0.717) is 18.9 Å². The van der Waals surface area contributed by atoms with Gasteiger partial charge < -0.3 is 10.0 Å². The van der Waals surface area contributed by atoms with Crippen LogP contribution in [0.5, 0.6) is 0 Å². The number of piperidine rings is 1. The van der Waals surface area contributed by atoms with Crippen LogP contribution in [0.2, 0.25) is 0 Å². The fourth-order valence-electron chi connectivity index (χ4n) is 2.26. The lowest BCUT2D eigenvalue weighted by Crippen LogP contribution is -2.41. The molecule has 2 N–H and O–H groups in total. The second-order valence-corrected chi connectivity index (χ2v) is 4.83. The van der Waals surface area contributed by atoms with Gasteiger partial charge >= 0.3 is 12.0 Å². The Kier molecular flexibility index (Phi) is 4.03. The van der Waals surface area contributed by atoms with Gasteiger partial charge in [-0.3, -0.25) is 14.8 Å². The second-order valence-electron chi connectivity index (χ2n) is 4.83. The van der Waals surface area contributed by atoms with Gasteiger partial charge in [0.15, 0.2) is 5.82 Å². The molecule has 1 aromatic heterocycles. The number of aryl methyl sites for hydroxylation is 1. The smallest absolute Gasteiger partial charge is 0.323 e.